The summed E-state index contributed by atoms with van der Waals surface area (Å²) >= 11 is 0. The molecule has 2 atom stereocenters. The smallest absolute Gasteiger partial charge is 0.408 e. The number of benzene rings is 2. The van der Waals surface area contributed by atoms with Crippen LogP contribution in [0.4, 0.5) is 4.79 Å². The molecule has 8 nitrogen and oxygen atoms in total. The van der Waals surface area contributed by atoms with Crippen molar-refractivity contribution in [3.63, 3.8) is 0 Å². The number of aliphatic carboxylic acids is 1. The number of carboxylic acid groups (broad SMARTS) is 1. The van der Waals surface area contributed by atoms with E-state index in [2.05, 4.69) is 5.32 Å². The summed E-state index contributed by atoms with van der Waals surface area (Å²) in [6.45, 7) is -0.0224. The van der Waals surface area contributed by atoms with Crippen molar-refractivity contribution in [2.75, 3.05) is 14.2 Å². The number of methoxy groups -OCH3 is 2. The number of carboxylic acids is 1. The molecule has 1 amide bonds. The highest BCUT2D eigenvalue weighted by molar-refractivity contribution is 5.80. The first kappa shape index (κ1) is 20.1. The third-order valence-electron chi connectivity index (χ3n) is 3.82. The van der Waals surface area contributed by atoms with E-state index >= 15 is 0 Å². The average Bonchev–Trinajstić information content (AvgIpc) is 2.69. The topological polar surface area (TPSA) is 114 Å². The zero-order chi connectivity index (χ0) is 19.8. The molecule has 2 aromatic rings. The Kier molecular flexibility index (Phi) is 7.01. The van der Waals surface area contributed by atoms with E-state index in [1.165, 1.54) is 32.4 Å². The Morgan fingerprint density at radius 1 is 1.04 bits per heavy atom. The molecule has 0 aromatic heterocycles. The van der Waals surface area contributed by atoms with Gasteiger partial charge < -0.3 is 29.7 Å². The first-order valence-electron chi connectivity index (χ1n) is 8.06. The van der Waals surface area contributed by atoms with Crippen LogP contribution in [-0.4, -0.2) is 42.5 Å². The van der Waals surface area contributed by atoms with E-state index in [9.17, 15) is 19.8 Å². The van der Waals surface area contributed by atoms with E-state index in [-0.39, 0.29) is 12.2 Å². The summed E-state index contributed by atoms with van der Waals surface area (Å²) in [6, 6.07) is 11.8. The first-order valence-corrected chi connectivity index (χ1v) is 8.06. The lowest BCUT2D eigenvalue weighted by atomic mass is 10.0. The number of hydrogen-bond donors (Lipinski definition) is 3. The molecule has 0 unspecified atom stereocenters. The van der Waals surface area contributed by atoms with Crippen molar-refractivity contribution in [1.82, 2.24) is 5.32 Å². The molecular weight excluding hydrogens is 354 g/mol. The summed E-state index contributed by atoms with van der Waals surface area (Å²) in [5, 5.41) is 22.0. The van der Waals surface area contributed by atoms with Crippen LogP contribution in [0.25, 0.3) is 0 Å². The van der Waals surface area contributed by atoms with Crippen molar-refractivity contribution >= 4 is 12.1 Å². The van der Waals surface area contributed by atoms with Gasteiger partial charge in [-0.25, -0.2) is 9.59 Å². The van der Waals surface area contributed by atoms with E-state index in [4.69, 9.17) is 14.2 Å². The Balaban J connectivity index is 2.07. The van der Waals surface area contributed by atoms with Crippen LogP contribution in [-0.2, 0) is 16.1 Å². The Bertz CT molecular complexity index is 779. The molecule has 2 aromatic carbocycles. The molecule has 27 heavy (non-hydrogen) atoms. The second-order valence-corrected chi connectivity index (χ2v) is 5.58. The van der Waals surface area contributed by atoms with E-state index in [1.807, 2.05) is 6.07 Å². The molecule has 3 N–H and O–H groups in total. The number of carbonyl (C=O) groups is 2. The number of carbonyl (C=O) groups excluding carboxylic acids is 1. The van der Waals surface area contributed by atoms with Gasteiger partial charge in [-0.05, 0) is 23.3 Å². The molecule has 0 aliphatic heterocycles. The fourth-order valence-electron chi connectivity index (χ4n) is 2.40. The standard InChI is InChI=1S/C19H21NO7/c1-25-14-9-8-13(10-15(14)26-2)17(21)16(18(22)23)20-19(24)27-11-12-6-4-3-5-7-12/h3-10,16-17,21H,11H2,1-2H3,(H,20,24)(H,22,23)/t16-,17+/m1/s1. The molecule has 0 heterocycles. The van der Waals surface area contributed by atoms with E-state index in [1.54, 1.807) is 24.3 Å². The largest absolute Gasteiger partial charge is 0.493 e. The van der Waals surface area contributed by atoms with Crippen LogP contribution in [0.2, 0.25) is 0 Å². The Labute approximate surface area is 156 Å². The Morgan fingerprint density at radius 3 is 2.30 bits per heavy atom. The fraction of sp³-hybridized carbons (Fsp3) is 0.263. The number of nitrogens with one attached hydrogen (secondary N) is 1. The molecule has 2 rings (SSSR count). The molecule has 0 aliphatic rings. The average molecular weight is 375 g/mol. The predicted octanol–water partition coefficient (Wildman–Crippen LogP) is 2.12. The lowest BCUT2D eigenvalue weighted by molar-refractivity contribution is -0.142. The molecule has 8 heteroatoms. The SMILES string of the molecule is COc1ccc([C@H](O)[C@@H](NC(=O)OCc2ccccc2)C(=O)O)cc1OC. The van der Waals surface area contributed by atoms with E-state index in [0.29, 0.717) is 11.5 Å². The first-order chi connectivity index (χ1) is 13.0. The van der Waals surface area contributed by atoms with Crippen molar-refractivity contribution < 1.29 is 34.0 Å². The van der Waals surface area contributed by atoms with Crippen LogP contribution in [0.1, 0.15) is 17.2 Å². The van der Waals surface area contributed by atoms with Gasteiger partial charge >= 0.3 is 12.1 Å². The Hall–Kier alpha value is -3.26. The molecule has 144 valence electrons. The number of aliphatic hydroxyl groups excluding tert-OH is 1. The highest BCUT2D eigenvalue weighted by atomic mass is 16.5. The van der Waals surface area contributed by atoms with Crippen LogP contribution in [0.15, 0.2) is 48.5 Å². The summed E-state index contributed by atoms with van der Waals surface area (Å²) in [6.07, 6.45) is -2.47. The summed E-state index contributed by atoms with van der Waals surface area (Å²) in [5.41, 5.74) is 0.989. The quantitative estimate of drug-likeness (QED) is 0.647. The molecule has 0 fully saturated rings. The van der Waals surface area contributed by atoms with Gasteiger partial charge in [0.2, 0.25) is 0 Å². The molecule has 0 saturated heterocycles. The Morgan fingerprint density at radius 2 is 1.70 bits per heavy atom. The second kappa shape index (κ2) is 9.44. The molecule has 0 aliphatic carbocycles. The highest BCUT2D eigenvalue weighted by Gasteiger charge is 2.30. The summed E-state index contributed by atoms with van der Waals surface area (Å²) in [7, 11) is 2.88. The van der Waals surface area contributed by atoms with Gasteiger partial charge in [0.25, 0.3) is 0 Å². The summed E-state index contributed by atoms with van der Waals surface area (Å²) in [4.78, 5) is 23.5. The summed E-state index contributed by atoms with van der Waals surface area (Å²) < 4.78 is 15.3. The third kappa shape index (κ3) is 5.35. The predicted molar refractivity (Wildman–Crippen MR) is 95.7 cm³/mol. The van der Waals surface area contributed by atoms with Gasteiger partial charge in [0, 0.05) is 0 Å². The van der Waals surface area contributed by atoms with Crippen LogP contribution >= 0.6 is 0 Å². The van der Waals surface area contributed by atoms with E-state index in [0.717, 1.165) is 5.56 Å². The van der Waals surface area contributed by atoms with Crippen molar-refractivity contribution in [3.8, 4) is 11.5 Å². The van der Waals surface area contributed by atoms with Gasteiger partial charge in [0.1, 0.15) is 12.7 Å². The van der Waals surface area contributed by atoms with Gasteiger partial charge in [-0.2, -0.15) is 0 Å². The normalized spacial score (nSPS) is 12.6. The van der Waals surface area contributed by atoms with Crippen LogP contribution < -0.4 is 14.8 Å². The molecule has 0 bridgehead atoms. The number of alkyl carbamates (subject to hydrolysis) is 1. The van der Waals surface area contributed by atoms with Gasteiger partial charge in [-0.3, -0.25) is 0 Å². The van der Waals surface area contributed by atoms with Crippen molar-refractivity contribution in [2.24, 2.45) is 0 Å². The highest BCUT2D eigenvalue weighted by Crippen LogP contribution is 2.31. The van der Waals surface area contributed by atoms with Crippen LogP contribution in [0, 0.1) is 0 Å². The van der Waals surface area contributed by atoms with Gasteiger partial charge in [-0.15, -0.1) is 0 Å². The van der Waals surface area contributed by atoms with E-state index < -0.39 is 24.2 Å². The maximum absolute atomic E-state index is 11.9. The minimum Gasteiger partial charge on any atom is -0.493 e. The van der Waals surface area contributed by atoms with Crippen LogP contribution in [0.5, 0.6) is 11.5 Å². The second-order valence-electron chi connectivity index (χ2n) is 5.58. The van der Waals surface area contributed by atoms with Crippen molar-refractivity contribution in [1.29, 1.82) is 0 Å². The number of amides is 1. The maximum atomic E-state index is 11.9. The minimum absolute atomic E-state index is 0.0224. The maximum Gasteiger partial charge on any atom is 0.408 e. The number of ether oxygens (including phenoxy) is 3. The molecule has 0 saturated carbocycles. The molecule has 0 spiro atoms. The van der Waals surface area contributed by atoms with Gasteiger partial charge in [-0.1, -0.05) is 36.4 Å². The molecular formula is C19H21NO7. The van der Waals surface area contributed by atoms with Gasteiger partial charge in [0.15, 0.2) is 17.5 Å². The molecule has 0 radical (unpaired) electrons. The van der Waals surface area contributed by atoms with Crippen molar-refractivity contribution in [2.45, 2.75) is 18.8 Å². The lowest BCUT2D eigenvalue weighted by Crippen LogP contribution is -2.45. The zero-order valence-electron chi connectivity index (χ0n) is 14.9. The van der Waals surface area contributed by atoms with Gasteiger partial charge in [0.05, 0.1) is 14.2 Å². The number of aliphatic hydroxyl groups is 1. The number of hydrogen-bond acceptors (Lipinski definition) is 6. The zero-order valence-corrected chi connectivity index (χ0v) is 14.9. The minimum atomic E-state index is -1.61. The lowest BCUT2D eigenvalue weighted by Gasteiger charge is -2.21. The summed E-state index contributed by atoms with van der Waals surface area (Å²) in [5.74, 6) is -0.658. The monoisotopic (exact) mass is 375 g/mol. The number of rotatable bonds is 8. The van der Waals surface area contributed by atoms with Crippen LogP contribution in [0.3, 0.4) is 0 Å². The van der Waals surface area contributed by atoms with Crippen molar-refractivity contribution in [3.05, 3.63) is 59.7 Å². The fourth-order valence-corrected chi connectivity index (χ4v) is 2.40. The third-order valence-corrected chi connectivity index (χ3v) is 3.82.